The lowest BCUT2D eigenvalue weighted by molar-refractivity contribution is -0.755. The Kier molecular flexibility index (Phi) is 4.06. The van der Waals surface area contributed by atoms with Crippen LogP contribution in [0.4, 0.5) is 0 Å². The number of rotatable bonds is 4. The molecule has 3 nitrogen and oxygen atoms in total. The Morgan fingerprint density at radius 1 is 1.04 bits per heavy atom. The molecule has 3 heterocycles. The smallest absolute Gasteiger partial charge is 0.196 e. The minimum atomic E-state index is -0.681. The van der Waals surface area contributed by atoms with E-state index in [1.54, 1.807) is 0 Å². The lowest BCUT2D eigenvalue weighted by atomic mass is 9.57. The van der Waals surface area contributed by atoms with Gasteiger partial charge in [-0.2, -0.15) is 4.57 Å². The minimum Gasteiger partial charge on any atom is -0.348 e. The Bertz CT molecular complexity index is 811. The van der Waals surface area contributed by atoms with Gasteiger partial charge in [-0.3, -0.25) is 0 Å². The number of ether oxygens (including phenoxy) is 2. The maximum absolute atomic E-state index is 6.47. The summed E-state index contributed by atoms with van der Waals surface area (Å²) in [6.07, 6.45) is 2.19. The number of fused-ring (bicyclic) bond motifs is 1. The number of aromatic nitrogens is 1. The van der Waals surface area contributed by atoms with Crippen molar-refractivity contribution in [2.45, 2.75) is 45.4 Å². The first-order chi connectivity index (χ1) is 12.0. The highest BCUT2D eigenvalue weighted by atomic mass is 79.9. The van der Waals surface area contributed by atoms with Gasteiger partial charge < -0.3 is 9.47 Å². The summed E-state index contributed by atoms with van der Waals surface area (Å²) in [5.74, 6) is -0.654. The van der Waals surface area contributed by atoms with Gasteiger partial charge in [0.05, 0.1) is 5.41 Å². The number of pyridine rings is 1. The SMILES string of the molecule is CCOC1(OCC)C2c3c(Br)cccc3C([n+]3ccccc32)C1(C)C. The second kappa shape index (κ2) is 5.90. The Morgan fingerprint density at radius 3 is 2.44 bits per heavy atom. The van der Waals surface area contributed by atoms with Crippen LogP contribution in [0.1, 0.15) is 56.5 Å². The monoisotopic (exact) mass is 402 g/mol. The van der Waals surface area contributed by atoms with Crippen molar-refractivity contribution in [3.05, 3.63) is 63.9 Å². The number of hydrogen-bond donors (Lipinski definition) is 0. The Balaban J connectivity index is 2.10. The summed E-state index contributed by atoms with van der Waals surface area (Å²) in [7, 11) is 0. The van der Waals surface area contributed by atoms with Crippen molar-refractivity contribution in [1.82, 2.24) is 0 Å². The van der Waals surface area contributed by atoms with E-state index in [-0.39, 0.29) is 17.4 Å². The molecule has 2 aliphatic heterocycles. The fourth-order valence-electron chi connectivity index (χ4n) is 5.04. The quantitative estimate of drug-likeness (QED) is 0.551. The second-order valence-corrected chi connectivity index (χ2v) is 8.22. The second-order valence-electron chi connectivity index (χ2n) is 7.37. The fourth-order valence-corrected chi connectivity index (χ4v) is 5.65. The molecule has 0 fully saturated rings. The van der Waals surface area contributed by atoms with Gasteiger partial charge in [-0.1, -0.05) is 34.1 Å². The van der Waals surface area contributed by atoms with Crippen LogP contribution in [-0.4, -0.2) is 19.0 Å². The first-order valence-corrected chi connectivity index (χ1v) is 9.85. The summed E-state index contributed by atoms with van der Waals surface area (Å²) in [6, 6.07) is 13.1. The van der Waals surface area contributed by atoms with Crippen molar-refractivity contribution in [1.29, 1.82) is 0 Å². The van der Waals surface area contributed by atoms with Gasteiger partial charge in [0, 0.05) is 35.4 Å². The minimum absolute atomic E-state index is 0.0270. The van der Waals surface area contributed by atoms with Gasteiger partial charge in [-0.25, -0.2) is 0 Å². The third-order valence-corrected chi connectivity index (χ3v) is 6.54. The third kappa shape index (κ3) is 2.08. The number of halogens is 1. The predicted octanol–water partition coefficient (Wildman–Crippen LogP) is 4.58. The lowest BCUT2D eigenvalue weighted by Crippen LogP contribution is -2.71. The van der Waals surface area contributed by atoms with Gasteiger partial charge >= 0.3 is 0 Å². The van der Waals surface area contributed by atoms with Crippen molar-refractivity contribution in [2.24, 2.45) is 5.41 Å². The van der Waals surface area contributed by atoms with Crippen molar-refractivity contribution < 1.29 is 14.0 Å². The molecule has 5 rings (SSSR count). The zero-order valence-electron chi connectivity index (χ0n) is 15.3. The molecule has 2 unspecified atom stereocenters. The molecule has 132 valence electrons. The van der Waals surface area contributed by atoms with Crippen LogP contribution in [-0.2, 0) is 9.47 Å². The molecule has 0 spiro atoms. The first-order valence-electron chi connectivity index (χ1n) is 9.05. The van der Waals surface area contributed by atoms with E-state index in [4.69, 9.17) is 9.47 Å². The molecule has 2 atom stereocenters. The average Bonchev–Trinajstić information content (AvgIpc) is 2.58. The van der Waals surface area contributed by atoms with Gasteiger partial charge in [0.25, 0.3) is 0 Å². The zero-order valence-corrected chi connectivity index (χ0v) is 16.8. The van der Waals surface area contributed by atoms with Crippen LogP contribution in [0.25, 0.3) is 0 Å². The standard InChI is InChI=1S/C21H25BrNO2/c1-5-24-21(25-6-2)18-16-12-7-8-13-23(16)19(20(21,3)4)14-10-9-11-15(22)17(14)18/h7-13,18-19H,5-6H2,1-4H3/q+1. The van der Waals surface area contributed by atoms with Gasteiger partial charge in [-0.15, -0.1) is 0 Å². The normalized spacial score (nSPS) is 24.7. The van der Waals surface area contributed by atoms with Gasteiger partial charge in [-0.05, 0) is 39.3 Å². The van der Waals surface area contributed by atoms with Crippen LogP contribution in [0.5, 0.6) is 0 Å². The molecule has 1 aliphatic carbocycles. The largest absolute Gasteiger partial charge is 0.348 e. The molecule has 25 heavy (non-hydrogen) atoms. The number of nitrogens with zero attached hydrogens (tertiary/aromatic N) is 1. The molecule has 2 bridgehead atoms. The molecular formula is C21H25BrNO2+. The van der Waals surface area contributed by atoms with E-state index in [1.165, 1.54) is 16.8 Å². The molecule has 1 aromatic carbocycles. The van der Waals surface area contributed by atoms with E-state index in [0.29, 0.717) is 13.2 Å². The summed E-state index contributed by atoms with van der Waals surface area (Å²) < 4.78 is 16.5. The lowest BCUT2D eigenvalue weighted by Gasteiger charge is -2.57. The van der Waals surface area contributed by atoms with E-state index < -0.39 is 5.79 Å². The molecular weight excluding hydrogens is 378 g/mol. The van der Waals surface area contributed by atoms with Gasteiger partial charge in [0.15, 0.2) is 23.7 Å². The van der Waals surface area contributed by atoms with Crippen LogP contribution in [0.15, 0.2) is 47.1 Å². The summed E-state index contributed by atoms with van der Waals surface area (Å²) >= 11 is 3.81. The van der Waals surface area contributed by atoms with E-state index in [2.05, 4.69) is 90.8 Å². The maximum atomic E-state index is 6.47. The molecule has 0 saturated carbocycles. The summed E-state index contributed by atoms with van der Waals surface area (Å²) in [5.41, 5.74) is 3.72. The number of benzene rings is 1. The van der Waals surface area contributed by atoms with E-state index in [1.807, 2.05) is 0 Å². The van der Waals surface area contributed by atoms with Crippen LogP contribution < -0.4 is 4.57 Å². The highest BCUT2D eigenvalue weighted by molar-refractivity contribution is 9.10. The maximum Gasteiger partial charge on any atom is 0.196 e. The first kappa shape index (κ1) is 17.2. The molecule has 0 N–H and O–H groups in total. The van der Waals surface area contributed by atoms with Crippen LogP contribution >= 0.6 is 15.9 Å². The predicted molar refractivity (Wildman–Crippen MR) is 101 cm³/mol. The topological polar surface area (TPSA) is 22.3 Å². The van der Waals surface area contributed by atoms with E-state index in [0.717, 1.165) is 4.47 Å². The molecule has 0 saturated heterocycles. The molecule has 3 aliphatic rings. The molecule has 1 aromatic heterocycles. The van der Waals surface area contributed by atoms with Crippen molar-refractivity contribution in [2.75, 3.05) is 13.2 Å². The summed E-state index contributed by atoms with van der Waals surface area (Å²) in [5, 5.41) is 0. The molecule has 0 radical (unpaired) electrons. The molecule has 2 aromatic rings. The molecule has 4 heteroatoms. The zero-order chi connectivity index (χ0) is 17.8. The summed E-state index contributed by atoms with van der Waals surface area (Å²) in [4.78, 5) is 0. The fraction of sp³-hybridized carbons (Fsp3) is 0.476. The van der Waals surface area contributed by atoms with Crippen molar-refractivity contribution in [3.63, 3.8) is 0 Å². The van der Waals surface area contributed by atoms with E-state index >= 15 is 0 Å². The van der Waals surface area contributed by atoms with Crippen LogP contribution in [0.2, 0.25) is 0 Å². The van der Waals surface area contributed by atoms with Crippen LogP contribution in [0, 0.1) is 5.41 Å². The Hall–Kier alpha value is -1.23. The van der Waals surface area contributed by atoms with Crippen LogP contribution in [0.3, 0.4) is 0 Å². The molecule has 0 amide bonds. The van der Waals surface area contributed by atoms with E-state index in [9.17, 15) is 0 Å². The van der Waals surface area contributed by atoms with Gasteiger partial charge in [0.1, 0.15) is 5.92 Å². The number of hydrogen-bond acceptors (Lipinski definition) is 2. The Morgan fingerprint density at radius 2 is 1.76 bits per heavy atom. The van der Waals surface area contributed by atoms with Crippen molar-refractivity contribution >= 4 is 15.9 Å². The third-order valence-electron chi connectivity index (χ3n) is 5.85. The van der Waals surface area contributed by atoms with Crippen molar-refractivity contribution in [3.8, 4) is 0 Å². The summed E-state index contributed by atoms with van der Waals surface area (Å²) in [6.45, 7) is 9.92. The van der Waals surface area contributed by atoms with Gasteiger partial charge in [0.2, 0.25) is 0 Å². The highest BCUT2D eigenvalue weighted by Gasteiger charge is 2.70. The Labute approximate surface area is 158 Å². The average molecular weight is 403 g/mol. The highest BCUT2D eigenvalue weighted by Crippen LogP contribution is 2.62.